The van der Waals surface area contributed by atoms with Crippen LogP contribution in [0, 0.1) is 0 Å². The van der Waals surface area contributed by atoms with Gasteiger partial charge < -0.3 is 4.98 Å². The van der Waals surface area contributed by atoms with Gasteiger partial charge in [0.15, 0.2) is 5.16 Å². The Morgan fingerprint density at radius 3 is 2.59 bits per heavy atom. The third-order valence-electron chi connectivity index (χ3n) is 4.85. The average Bonchev–Trinajstić information content (AvgIpc) is 3.18. The molecule has 0 saturated carbocycles. The zero-order valence-electron chi connectivity index (χ0n) is 16.2. The molecule has 148 valence electrons. The van der Waals surface area contributed by atoms with Crippen LogP contribution in [0.15, 0.2) is 70.7 Å². The summed E-state index contributed by atoms with van der Waals surface area (Å²) in [6.07, 6.45) is 3.84. The van der Waals surface area contributed by atoms with Crippen molar-refractivity contribution in [1.82, 2.24) is 14.5 Å². The summed E-state index contributed by atoms with van der Waals surface area (Å²) in [6, 6.07) is 17.8. The zero-order chi connectivity index (χ0) is 20.2. The molecule has 4 nitrogen and oxygen atoms in total. The number of halogens is 1. The molecule has 0 aliphatic heterocycles. The van der Waals surface area contributed by atoms with E-state index in [0.29, 0.717) is 12.1 Å². The molecule has 0 unspecified atom stereocenters. The van der Waals surface area contributed by atoms with E-state index in [1.165, 1.54) is 0 Å². The molecule has 4 aromatic rings. The maximum absolute atomic E-state index is 13.2. The lowest BCUT2D eigenvalue weighted by atomic mass is 10.1. The molecule has 0 saturated heterocycles. The second-order valence-corrected chi connectivity index (χ2v) is 8.29. The molecule has 29 heavy (non-hydrogen) atoms. The number of aromatic nitrogens is 3. The van der Waals surface area contributed by atoms with E-state index in [1.54, 1.807) is 16.3 Å². The van der Waals surface area contributed by atoms with Crippen LogP contribution >= 0.6 is 23.4 Å². The summed E-state index contributed by atoms with van der Waals surface area (Å²) in [5.41, 5.74) is 4.43. The summed E-state index contributed by atoms with van der Waals surface area (Å²) >= 11 is 7.58. The number of rotatable bonds is 7. The summed E-state index contributed by atoms with van der Waals surface area (Å²) in [5.74, 6) is 0.729. The van der Waals surface area contributed by atoms with Gasteiger partial charge in [-0.3, -0.25) is 9.36 Å². The van der Waals surface area contributed by atoms with Crippen LogP contribution in [0.4, 0.5) is 0 Å². The number of aromatic amines is 1. The molecule has 2 heterocycles. The number of thioether (sulfide) groups is 1. The van der Waals surface area contributed by atoms with E-state index in [9.17, 15) is 4.79 Å². The summed E-state index contributed by atoms with van der Waals surface area (Å²) in [6.45, 7) is 2.79. The molecule has 0 atom stereocenters. The summed E-state index contributed by atoms with van der Waals surface area (Å²) < 4.78 is 1.80. The van der Waals surface area contributed by atoms with Crippen molar-refractivity contribution < 1.29 is 0 Å². The lowest BCUT2D eigenvalue weighted by molar-refractivity contribution is 0.557. The van der Waals surface area contributed by atoms with Gasteiger partial charge in [0.1, 0.15) is 11.0 Å². The topological polar surface area (TPSA) is 50.7 Å². The van der Waals surface area contributed by atoms with Crippen LogP contribution in [-0.4, -0.2) is 14.5 Å². The van der Waals surface area contributed by atoms with Crippen molar-refractivity contribution in [3.05, 3.63) is 81.7 Å². The Kier molecular flexibility index (Phi) is 6.07. The maximum Gasteiger partial charge on any atom is 0.278 e. The minimum absolute atomic E-state index is 0.00997. The standard InChI is InChI=1S/C23H22ClN3OS/c1-2-3-13-27-22(28)21-20(19(14-25-21)17-7-5-4-6-8-17)26-23(27)29-15-16-9-11-18(24)12-10-16/h4-12,14,25H,2-3,13,15H2,1H3. The molecule has 1 N–H and O–H groups in total. The summed E-state index contributed by atoms with van der Waals surface area (Å²) in [7, 11) is 0. The van der Waals surface area contributed by atoms with Crippen molar-refractivity contribution in [2.45, 2.75) is 37.2 Å². The molecule has 0 amide bonds. The molecule has 6 heteroatoms. The van der Waals surface area contributed by atoms with Crippen LogP contribution < -0.4 is 5.56 Å². The first kappa shape index (κ1) is 19.8. The van der Waals surface area contributed by atoms with E-state index in [1.807, 2.05) is 60.8 Å². The van der Waals surface area contributed by atoms with Crippen molar-refractivity contribution in [3.8, 4) is 11.1 Å². The molecular weight excluding hydrogens is 402 g/mol. The van der Waals surface area contributed by atoms with Gasteiger partial charge in [-0.05, 0) is 29.7 Å². The molecule has 0 aliphatic rings. The number of H-pyrrole nitrogens is 1. The minimum Gasteiger partial charge on any atom is -0.355 e. The lowest BCUT2D eigenvalue weighted by Gasteiger charge is -2.12. The summed E-state index contributed by atoms with van der Waals surface area (Å²) in [4.78, 5) is 21.3. The molecule has 0 bridgehead atoms. The number of unbranched alkanes of at least 4 members (excludes halogenated alkanes) is 1. The molecule has 0 aliphatic carbocycles. The molecule has 4 rings (SSSR count). The highest BCUT2D eigenvalue weighted by Gasteiger charge is 2.16. The van der Waals surface area contributed by atoms with E-state index in [0.717, 1.165) is 51.0 Å². The normalized spacial score (nSPS) is 11.2. The Balaban J connectivity index is 1.77. The van der Waals surface area contributed by atoms with Gasteiger partial charge in [0.2, 0.25) is 0 Å². The number of nitrogens with one attached hydrogen (secondary N) is 1. The quantitative estimate of drug-likeness (QED) is 0.287. The van der Waals surface area contributed by atoms with Crippen molar-refractivity contribution in [2.24, 2.45) is 0 Å². The van der Waals surface area contributed by atoms with E-state index >= 15 is 0 Å². The highest BCUT2D eigenvalue weighted by atomic mass is 35.5. The Bertz CT molecular complexity index is 1170. The van der Waals surface area contributed by atoms with Crippen molar-refractivity contribution in [3.63, 3.8) is 0 Å². The Morgan fingerprint density at radius 1 is 1.10 bits per heavy atom. The Morgan fingerprint density at radius 2 is 1.86 bits per heavy atom. The largest absolute Gasteiger partial charge is 0.355 e. The maximum atomic E-state index is 13.2. The molecular formula is C23H22ClN3OS. The molecule has 0 spiro atoms. The predicted octanol–water partition coefficient (Wildman–Crippen LogP) is 6.14. The SMILES string of the molecule is CCCCn1c(SCc2ccc(Cl)cc2)nc2c(-c3ccccc3)c[nH]c2c1=O. The van der Waals surface area contributed by atoms with Gasteiger partial charge in [-0.15, -0.1) is 0 Å². The third kappa shape index (κ3) is 4.26. The predicted molar refractivity (Wildman–Crippen MR) is 122 cm³/mol. The van der Waals surface area contributed by atoms with E-state index < -0.39 is 0 Å². The van der Waals surface area contributed by atoms with Gasteiger partial charge in [0, 0.05) is 29.1 Å². The first-order chi connectivity index (χ1) is 14.2. The van der Waals surface area contributed by atoms with Crippen LogP contribution in [0.2, 0.25) is 5.02 Å². The molecule has 2 aromatic carbocycles. The third-order valence-corrected chi connectivity index (χ3v) is 6.15. The average molecular weight is 424 g/mol. The second kappa shape index (κ2) is 8.89. The number of benzene rings is 2. The number of fused-ring (bicyclic) bond motifs is 1. The smallest absolute Gasteiger partial charge is 0.278 e. The number of hydrogen-bond acceptors (Lipinski definition) is 3. The summed E-state index contributed by atoms with van der Waals surface area (Å²) in [5, 5.41) is 1.47. The van der Waals surface area contributed by atoms with Gasteiger partial charge in [-0.2, -0.15) is 0 Å². The first-order valence-electron chi connectivity index (χ1n) is 9.72. The molecule has 0 radical (unpaired) electrons. The van der Waals surface area contributed by atoms with Crippen LogP contribution in [-0.2, 0) is 12.3 Å². The monoisotopic (exact) mass is 423 g/mol. The van der Waals surface area contributed by atoms with Crippen LogP contribution in [0.1, 0.15) is 25.3 Å². The zero-order valence-corrected chi connectivity index (χ0v) is 17.8. The van der Waals surface area contributed by atoms with Crippen molar-refractivity contribution in [2.75, 3.05) is 0 Å². The fraction of sp³-hybridized carbons (Fsp3) is 0.217. The van der Waals surface area contributed by atoms with Gasteiger partial charge in [0.25, 0.3) is 5.56 Å². The number of hydrogen-bond donors (Lipinski definition) is 1. The van der Waals surface area contributed by atoms with Crippen molar-refractivity contribution in [1.29, 1.82) is 0 Å². The van der Waals surface area contributed by atoms with E-state index in [4.69, 9.17) is 16.6 Å². The van der Waals surface area contributed by atoms with Gasteiger partial charge in [-0.25, -0.2) is 4.98 Å². The molecule has 0 fully saturated rings. The second-order valence-electron chi connectivity index (χ2n) is 6.91. The van der Waals surface area contributed by atoms with Crippen LogP contribution in [0.25, 0.3) is 22.2 Å². The fourth-order valence-electron chi connectivity index (χ4n) is 3.26. The van der Waals surface area contributed by atoms with Gasteiger partial charge in [0.05, 0.1) is 0 Å². The number of nitrogens with zero attached hydrogens (tertiary/aromatic N) is 2. The highest BCUT2D eigenvalue weighted by molar-refractivity contribution is 7.98. The Labute approximate surface area is 178 Å². The van der Waals surface area contributed by atoms with Gasteiger partial charge in [-0.1, -0.05) is 79.2 Å². The fourth-order valence-corrected chi connectivity index (χ4v) is 4.36. The minimum atomic E-state index is -0.00997. The lowest BCUT2D eigenvalue weighted by Crippen LogP contribution is -2.23. The van der Waals surface area contributed by atoms with E-state index in [2.05, 4.69) is 11.9 Å². The van der Waals surface area contributed by atoms with Crippen LogP contribution in [0.5, 0.6) is 0 Å². The molecule has 2 aromatic heterocycles. The Hall–Kier alpha value is -2.50. The first-order valence-corrected chi connectivity index (χ1v) is 11.1. The van der Waals surface area contributed by atoms with Crippen molar-refractivity contribution >= 4 is 34.4 Å². The van der Waals surface area contributed by atoms with E-state index in [-0.39, 0.29) is 5.56 Å². The van der Waals surface area contributed by atoms with Gasteiger partial charge >= 0.3 is 0 Å². The highest BCUT2D eigenvalue weighted by Crippen LogP contribution is 2.29. The van der Waals surface area contributed by atoms with Crippen LogP contribution in [0.3, 0.4) is 0 Å².